The number of nitrogens with zero attached hydrogens (tertiary/aromatic N) is 6. The first-order valence-corrected chi connectivity index (χ1v) is 11.7. The molecule has 0 atom stereocenters. The van der Waals surface area contributed by atoms with E-state index in [-0.39, 0.29) is 23.7 Å². The number of piperazine rings is 1. The number of carbonyl (C=O) groups excluding carboxylic acids is 1. The van der Waals surface area contributed by atoms with Gasteiger partial charge in [0.1, 0.15) is 24.0 Å². The Labute approximate surface area is 204 Å². The topological polar surface area (TPSA) is 96.4 Å². The normalized spacial score (nSPS) is 14.6. The van der Waals surface area contributed by atoms with Crippen molar-refractivity contribution >= 4 is 5.91 Å². The second-order valence-electron chi connectivity index (χ2n) is 8.60. The number of aromatic nitrogens is 4. The van der Waals surface area contributed by atoms with Crippen molar-refractivity contribution < 1.29 is 13.9 Å². The predicted octanol–water partition coefficient (Wildman–Crippen LogP) is 1.87. The van der Waals surface area contributed by atoms with Gasteiger partial charge >= 0.3 is 0 Å². The summed E-state index contributed by atoms with van der Waals surface area (Å²) in [5.41, 5.74) is 1.65. The molecule has 2 aromatic heterocycles. The lowest BCUT2D eigenvalue weighted by molar-refractivity contribution is -0.120. The van der Waals surface area contributed by atoms with E-state index in [1.54, 1.807) is 31.3 Å². The Kier molecular flexibility index (Phi) is 8.27. The third-order valence-corrected chi connectivity index (χ3v) is 5.82. The number of hydrogen-bond donors (Lipinski definition) is 1. The predicted molar refractivity (Wildman–Crippen MR) is 129 cm³/mol. The molecule has 4 rings (SSSR count). The Balaban J connectivity index is 1.26. The van der Waals surface area contributed by atoms with Crippen LogP contribution in [0.3, 0.4) is 0 Å². The van der Waals surface area contributed by atoms with Crippen molar-refractivity contribution in [2.45, 2.75) is 19.9 Å². The number of amides is 1. The van der Waals surface area contributed by atoms with Crippen LogP contribution in [-0.2, 0) is 17.8 Å². The molecule has 0 unspecified atom stereocenters. The zero-order valence-corrected chi connectivity index (χ0v) is 20.1. The number of aryl methyl sites for hydroxylation is 1. The van der Waals surface area contributed by atoms with Crippen molar-refractivity contribution in [2.24, 2.45) is 0 Å². The molecule has 0 radical (unpaired) electrons. The van der Waals surface area contributed by atoms with E-state index in [0.29, 0.717) is 30.3 Å². The fourth-order valence-electron chi connectivity index (χ4n) is 3.76. The molecule has 0 saturated carbocycles. The molecule has 184 valence electrons. The van der Waals surface area contributed by atoms with Gasteiger partial charge < -0.3 is 15.0 Å². The lowest BCUT2D eigenvalue weighted by Crippen LogP contribution is -2.45. The number of nitrogens with one attached hydrogen (secondary N) is 1. The minimum atomic E-state index is -0.451. The zero-order valence-electron chi connectivity index (χ0n) is 20.1. The van der Waals surface area contributed by atoms with E-state index in [4.69, 9.17) is 4.74 Å². The van der Waals surface area contributed by atoms with Crippen LogP contribution in [0, 0.1) is 12.7 Å². The molecule has 1 saturated heterocycles. The Bertz CT molecular complexity index is 1130. The molecule has 0 spiro atoms. The van der Waals surface area contributed by atoms with Crippen molar-refractivity contribution in [3.05, 3.63) is 65.8 Å². The number of likely N-dealkylation sites (N-methyl/N-ethyl adjacent to an activating group) is 1. The van der Waals surface area contributed by atoms with Crippen LogP contribution < -0.4 is 10.1 Å². The van der Waals surface area contributed by atoms with Gasteiger partial charge in [-0.1, -0.05) is 0 Å². The zero-order chi connectivity index (χ0) is 24.6. The van der Waals surface area contributed by atoms with E-state index in [1.165, 1.54) is 18.5 Å². The third-order valence-electron chi connectivity index (χ3n) is 5.82. The number of benzene rings is 1. The van der Waals surface area contributed by atoms with Gasteiger partial charge in [-0.2, -0.15) is 0 Å². The quantitative estimate of drug-likeness (QED) is 0.497. The minimum Gasteiger partial charge on any atom is -0.492 e. The molecule has 1 aliphatic heterocycles. The molecule has 35 heavy (non-hydrogen) atoms. The molecule has 1 aliphatic rings. The van der Waals surface area contributed by atoms with Crippen LogP contribution >= 0.6 is 0 Å². The minimum absolute atomic E-state index is 0.118. The molecule has 1 amide bonds. The lowest BCUT2D eigenvalue weighted by atomic mass is 10.1. The SMILES string of the molecule is Cc1nccc(CNC(=O)Cc2cnc(-c3ccc(OCCN4CCN(C)CC4)cc3F)nc2)n1. The Morgan fingerprint density at radius 2 is 1.89 bits per heavy atom. The van der Waals surface area contributed by atoms with Gasteiger partial charge in [-0.25, -0.2) is 24.3 Å². The summed E-state index contributed by atoms with van der Waals surface area (Å²) in [5.74, 6) is 0.757. The molecule has 1 N–H and O–H groups in total. The van der Waals surface area contributed by atoms with Gasteiger partial charge in [0.2, 0.25) is 5.91 Å². The van der Waals surface area contributed by atoms with Crippen LogP contribution in [0.4, 0.5) is 4.39 Å². The maximum absolute atomic E-state index is 14.7. The Morgan fingerprint density at radius 1 is 1.11 bits per heavy atom. The first kappa shape index (κ1) is 24.6. The highest BCUT2D eigenvalue weighted by atomic mass is 19.1. The number of ether oxygens (including phenoxy) is 1. The van der Waals surface area contributed by atoms with Gasteiger partial charge in [0, 0.05) is 57.4 Å². The van der Waals surface area contributed by atoms with E-state index in [2.05, 4.69) is 42.1 Å². The summed E-state index contributed by atoms with van der Waals surface area (Å²) in [6.07, 6.45) is 4.85. The van der Waals surface area contributed by atoms with Crippen LogP contribution in [0.15, 0.2) is 42.9 Å². The van der Waals surface area contributed by atoms with Gasteiger partial charge in [0.15, 0.2) is 5.82 Å². The molecule has 10 heteroatoms. The molecule has 1 aromatic carbocycles. The maximum Gasteiger partial charge on any atom is 0.224 e. The van der Waals surface area contributed by atoms with Crippen LogP contribution in [0.2, 0.25) is 0 Å². The first-order chi connectivity index (χ1) is 17.0. The van der Waals surface area contributed by atoms with Crippen molar-refractivity contribution in [1.82, 2.24) is 35.1 Å². The molecule has 3 heterocycles. The largest absolute Gasteiger partial charge is 0.492 e. The van der Waals surface area contributed by atoms with E-state index in [9.17, 15) is 9.18 Å². The summed E-state index contributed by atoms with van der Waals surface area (Å²) in [5, 5.41) is 2.81. The maximum atomic E-state index is 14.7. The molecule has 0 aliphatic carbocycles. The van der Waals surface area contributed by atoms with E-state index < -0.39 is 5.82 Å². The number of rotatable bonds is 9. The smallest absolute Gasteiger partial charge is 0.224 e. The lowest BCUT2D eigenvalue weighted by Gasteiger charge is -2.32. The second kappa shape index (κ2) is 11.8. The molecular weight excluding hydrogens is 449 g/mol. The second-order valence-corrected chi connectivity index (χ2v) is 8.60. The summed E-state index contributed by atoms with van der Waals surface area (Å²) in [6.45, 7) is 7.57. The van der Waals surface area contributed by atoms with Gasteiger partial charge in [0.25, 0.3) is 0 Å². The molecule has 3 aromatic rings. The average molecular weight is 480 g/mol. The fraction of sp³-hybridized carbons (Fsp3) is 0.400. The van der Waals surface area contributed by atoms with Crippen LogP contribution in [0.5, 0.6) is 5.75 Å². The van der Waals surface area contributed by atoms with E-state index in [1.807, 2.05) is 0 Å². The third kappa shape index (κ3) is 7.24. The summed E-state index contributed by atoms with van der Waals surface area (Å²) in [4.78, 5) is 33.7. The standard InChI is InChI=1S/C25H30FN7O2/c1-18-27-6-5-20(31-18)17-28-24(34)13-19-15-29-25(30-16-19)22-4-3-21(14-23(22)26)35-12-11-33-9-7-32(2)8-10-33/h3-6,14-16H,7-13,17H2,1-2H3,(H,28,34). The average Bonchev–Trinajstić information content (AvgIpc) is 2.85. The van der Waals surface area contributed by atoms with Gasteiger partial charge in [-0.05, 0) is 37.7 Å². The van der Waals surface area contributed by atoms with Gasteiger partial charge in [0.05, 0.1) is 24.2 Å². The van der Waals surface area contributed by atoms with Crippen molar-refractivity contribution in [3.8, 4) is 17.1 Å². The van der Waals surface area contributed by atoms with Gasteiger partial charge in [-0.15, -0.1) is 0 Å². The number of halogens is 1. The first-order valence-electron chi connectivity index (χ1n) is 11.7. The van der Waals surface area contributed by atoms with E-state index >= 15 is 0 Å². The summed E-state index contributed by atoms with van der Waals surface area (Å²) >= 11 is 0. The summed E-state index contributed by atoms with van der Waals surface area (Å²) in [6, 6.07) is 6.45. The van der Waals surface area contributed by atoms with E-state index in [0.717, 1.165) is 38.4 Å². The summed E-state index contributed by atoms with van der Waals surface area (Å²) < 4.78 is 20.5. The number of carbonyl (C=O) groups is 1. The van der Waals surface area contributed by atoms with Gasteiger partial charge in [-0.3, -0.25) is 9.69 Å². The van der Waals surface area contributed by atoms with Crippen molar-refractivity contribution in [3.63, 3.8) is 0 Å². The highest BCUT2D eigenvalue weighted by Gasteiger charge is 2.14. The Morgan fingerprint density at radius 3 is 2.60 bits per heavy atom. The monoisotopic (exact) mass is 479 g/mol. The molecule has 0 bridgehead atoms. The van der Waals surface area contributed by atoms with Crippen molar-refractivity contribution in [2.75, 3.05) is 46.4 Å². The fourth-order valence-corrected chi connectivity index (χ4v) is 3.76. The van der Waals surface area contributed by atoms with Crippen molar-refractivity contribution in [1.29, 1.82) is 0 Å². The Hall–Kier alpha value is -3.50. The van der Waals surface area contributed by atoms with Crippen LogP contribution in [0.1, 0.15) is 17.1 Å². The van der Waals surface area contributed by atoms with Crippen LogP contribution in [0.25, 0.3) is 11.4 Å². The van der Waals surface area contributed by atoms with Crippen LogP contribution in [-0.4, -0.2) is 82.0 Å². The summed E-state index contributed by atoms with van der Waals surface area (Å²) in [7, 11) is 2.12. The highest BCUT2D eigenvalue weighted by molar-refractivity contribution is 5.78. The molecule has 9 nitrogen and oxygen atoms in total. The highest BCUT2D eigenvalue weighted by Crippen LogP contribution is 2.23. The number of hydrogen-bond acceptors (Lipinski definition) is 8. The molecule has 1 fully saturated rings. The molecular formula is C25H30FN7O2.